The molecule has 0 spiro atoms. The number of benzene rings is 1. The van der Waals surface area contributed by atoms with Gasteiger partial charge in [-0.1, -0.05) is 38.1 Å². The molecule has 2 aliphatic carbocycles. The Hall–Kier alpha value is -3.36. The van der Waals surface area contributed by atoms with Gasteiger partial charge >= 0.3 is 5.97 Å². The molecular weight excluding hydrogens is 416 g/mol. The summed E-state index contributed by atoms with van der Waals surface area (Å²) in [5, 5.41) is 11.1. The van der Waals surface area contributed by atoms with E-state index in [1.165, 1.54) is 12.1 Å². The van der Waals surface area contributed by atoms with E-state index in [2.05, 4.69) is 0 Å². The minimum absolute atomic E-state index is 0.0224. The molecule has 1 aliphatic heterocycles. The molecule has 2 amide bonds. The highest BCUT2D eigenvalue weighted by Crippen LogP contribution is 2.53. The number of likely N-dealkylation sites (tertiary alicyclic amines) is 1. The van der Waals surface area contributed by atoms with Crippen LogP contribution in [0.1, 0.15) is 36.2 Å². The molecule has 9 nitrogen and oxygen atoms in total. The van der Waals surface area contributed by atoms with Crippen LogP contribution < -0.4 is 0 Å². The Labute approximate surface area is 184 Å². The normalized spacial score (nSPS) is 26.6. The van der Waals surface area contributed by atoms with Crippen molar-refractivity contribution in [3.8, 4) is 0 Å². The summed E-state index contributed by atoms with van der Waals surface area (Å²) in [6.07, 6.45) is 4.74. The van der Waals surface area contributed by atoms with Crippen molar-refractivity contribution in [2.24, 2.45) is 29.6 Å². The summed E-state index contributed by atoms with van der Waals surface area (Å²) >= 11 is 0. The molecule has 1 aromatic carbocycles. The van der Waals surface area contributed by atoms with Crippen LogP contribution in [0.4, 0.5) is 5.69 Å². The number of rotatable bonds is 7. The molecule has 1 aromatic rings. The molecule has 168 valence electrons. The van der Waals surface area contributed by atoms with Gasteiger partial charge in [0.2, 0.25) is 17.6 Å². The SMILES string of the molecule is Cc1ccc(C(=O)COC(=O)[C@@H](C(C)C)N2C(=O)[C@@H]3[C@@H](C2=O)[C@H]2C=C[C@H]3C2)cc1[N+](=O)[O-]. The lowest BCUT2D eigenvalue weighted by atomic mass is 9.85. The van der Waals surface area contributed by atoms with E-state index in [4.69, 9.17) is 4.74 Å². The lowest BCUT2D eigenvalue weighted by Crippen LogP contribution is -2.50. The highest BCUT2D eigenvalue weighted by molar-refractivity contribution is 6.09. The number of aryl methyl sites for hydroxylation is 1. The van der Waals surface area contributed by atoms with Gasteiger partial charge in [0.05, 0.1) is 16.8 Å². The van der Waals surface area contributed by atoms with Crippen LogP contribution in [0.2, 0.25) is 0 Å². The van der Waals surface area contributed by atoms with E-state index < -0.39 is 47.1 Å². The summed E-state index contributed by atoms with van der Waals surface area (Å²) in [7, 11) is 0. The van der Waals surface area contributed by atoms with Crippen molar-refractivity contribution < 1.29 is 28.8 Å². The molecular formula is C23H24N2O7. The van der Waals surface area contributed by atoms with Crippen LogP contribution in [0.25, 0.3) is 0 Å². The predicted molar refractivity (Wildman–Crippen MR) is 111 cm³/mol. The third kappa shape index (κ3) is 3.41. The lowest BCUT2D eigenvalue weighted by Gasteiger charge is -2.28. The first-order chi connectivity index (χ1) is 15.1. The Kier molecular flexibility index (Phi) is 5.44. The number of fused-ring (bicyclic) bond motifs is 5. The fourth-order valence-corrected chi connectivity index (χ4v) is 5.16. The molecule has 2 fully saturated rings. The summed E-state index contributed by atoms with van der Waals surface area (Å²) in [6, 6.07) is 2.89. The zero-order valence-electron chi connectivity index (χ0n) is 18.0. The number of hydrogen-bond acceptors (Lipinski definition) is 7. The number of allylic oxidation sites excluding steroid dienone is 2. The maximum atomic E-state index is 13.1. The van der Waals surface area contributed by atoms with Crippen molar-refractivity contribution in [1.82, 2.24) is 4.90 Å². The second-order valence-corrected chi connectivity index (χ2v) is 9.02. The van der Waals surface area contributed by atoms with Gasteiger partial charge in [0.15, 0.2) is 6.61 Å². The standard InChI is InChI=1S/C23H24N2O7/c1-11(2)20(24-21(27)18-14-6-7-15(8-14)19(18)22(24)28)23(29)32-10-17(26)13-5-4-12(3)16(9-13)25(30)31/h4-7,9,11,14-15,18-20H,8,10H2,1-3H3/t14-,15-,18-,19-,20+/m0/s1. The Bertz CT molecular complexity index is 1030. The molecule has 0 N–H and O–H groups in total. The summed E-state index contributed by atoms with van der Waals surface area (Å²) in [6.45, 7) is 4.33. The summed E-state index contributed by atoms with van der Waals surface area (Å²) in [5.41, 5.74) is 0.246. The summed E-state index contributed by atoms with van der Waals surface area (Å²) < 4.78 is 5.19. The van der Waals surface area contributed by atoms with E-state index >= 15 is 0 Å². The van der Waals surface area contributed by atoms with Gasteiger partial charge < -0.3 is 4.74 Å². The van der Waals surface area contributed by atoms with E-state index in [-0.39, 0.29) is 34.9 Å². The summed E-state index contributed by atoms with van der Waals surface area (Å²) in [4.78, 5) is 63.0. The van der Waals surface area contributed by atoms with Crippen LogP contribution >= 0.6 is 0 Å². The molecule has 1 saturated carbocycles. The van der Waals surface area contributed by atoms with Crippen molar-refractivity contribution in [2.45, 2.75) is 33.2 Å². The first-order valence-corrected chi connectivity index (χ1v) is 10.6. The quantitative estimate of drug-likeness (QED) is 0.159. The van der Waals surface area contributed by atoms with Gasteiger partial charge in [-0.05, 0) is 31.1 Å². The maximum Gasteiger partial charge on any atom is 0.330 e. The smallest absolute Gasteiger partial charge is 0.330 e. The average Bonchev–Trinajstić information content (AvgIpc) is 3.42. The fraction of sp³-hybridized carbons (Fsp3) is 0.478. The monoisotopic (exact) mass is 440 g/mol. The zero-order chi connectivity index (χ0) is 23.3. The van der Waals surface area contributed by atoms with Crippen molar-refractivity contribution in [3.63, 3.8) is 0 Å². The first-order valence-electron chi connectivity index (χ1n) is 10.6. The van der Waals surface area contributed by atoms with E-state index in [0.717, 1.165) is 17.4 Å². The van der Waals surface area contributed by atoms with Gasteiger partial charge in [0, 0.05) is 17.2 Å². The lowest BCUT2D eigenvalue weighted by molar-refractivity contribution is -0.385. The minimum Gasteiger partial charge on any atom is -0.456 e. The number of ketones is 1. The third-order valence-corrected chi connectivity index (χ3v) is 6.73. The predicted octanol–water partition coefficient (Wildman–Crippen LogP) is 2.46. The topological polar surface area (TPSA) is 124 Å². The van der Waals surface area contributed by atoms with E-state index in [1.807, 2.05) is 12.2 Å². The molecule has 32 heavy (non-hydrogen) atoms. The number of amides is 2. The number of Topliss-reactive ketones (excluding diaryl/α,β-unsaturated/α-hetero) is 1. The van der Waals surface area contributed by atoms with Gasteiger partial charge in [-0.3, -0.25) is 29.4 Å². The van der Waals surface area contributed by atoms with Crippen molar-refractivity contribution in [3.05, 3.63) is 51.6 Å². The minimum atomic E-state index is -1.12. The number of nitro groups is 1. The van der Waals surface area contributed by atoms with Gasteiger partial charge in [-0.25, -0.2) is 4.79 Å². The molecule has 2 bridgehead atoms. The molecule has 0 aromatic heterocycles. The van der Waals surface area contributed by atoms with Crippen LogP contribution in [0.15, 0.2) is 30.4 Å². The van der Waals surface area contributed by atoms with Gasteiger partial charge in [-0.2, -0.15) is 0 Å². The average molecular weight is 440 g/mol. The molecule has 1 saturated heterocycles. The van der Waals surface area contributed by atoms with Crippen LogP contribution in [0.3, 0.4) is 0 Å². The third-order valence-electron chi connectivity index (χ3n) is 6.73. The molecule has 0 radical (unpaired) electrons. The van der Waals surface area contributed by atoms with E-state index in [9.17, 15) is 29.3 Å². The van der Waals surface area contributed by atoms with E-state index in [1.54, 1.807) is 20.8 Å². The molecule has 0 unspecified atom stereocenters. The number of hydrogen-bond donors (Lipinski definition) is 0. The number of carbonyl (C=O) groups is 4. The highest BCUT2D eigenvalue weighted by Gasteiger charge is 2.61. The van der Waals surface area contributed by atoms with Crippen LogP contribution in [-0.2, 0) is 19.1 Å². The van der Waals surface area contributed by atoms with Crippen molar-refractivity contribution >= 4 is 29.3 Å². The Morgan fingerprint density at radius 2 is 1.75 bits per heavy atom. The van der Waals surface area contributed by atoms with E-state index in [0.29, 0.717) is 5.56 Å². The molecule has 1 heterocycles. The molecule has 9 heteroatoms. The largest absolute Gasteiger partial charge is 0.456 e. The van der Waals surface area contributed by atoms with Crippen LogP contribution in [0.5, 0.6) is 0 Å². The number of carbonyl (C=O) groups excluding carboxylic acids is 4. The van der Waals surface area contributed by atoms with Crippen LogP contribution in [-0.4, -0.2) is 46.0 Å². The molecule has 5 atom stereocenters. The van der Waals surface area contributed by atoms with Crippen molar-refractivity contribution in [2.75, 3.05) is 6.61 Å². The number of nitrogens with zero attached hydrogens (tertiary/aromatic N) is 2. The van der Waals surface area contributed by atoms with Crippen molar-refractivity contribution in [1.29, 1.82) is 0 Å². The van der Waals surface area contributed by atoms with Gasteiger partial charge in [0.25, 0.3) is 5.69 Å². The number of imide groups is 1. The van der Waals surface area contributed by atoms with Gasteiger partial charge in [-0.15, -0.1) is 0 Å². The number of nitro benzene ring substituents is 1. The fourth-order valence-electron chi connectivity index (χ4n) is 5.16. The highest BCUT2D eigenvalue weighted by atomic mass is 16.6. The maximum absolute atomic E-state index is 13.1. The molecule has 3 aliphatic rings. The van der Waals surface area contributed by atoms with Crippen LogP contribution in [0, 0.1) is 46.6 Å². The Morgan fingerprint density at radius 3 is 2.28 bits per heavy atom. The number of esters is 1. The Balaban J connectivity index is 1.48. The number of ether oxygens (including phenoxy) is 1. The Morgan fingerprint density at radius 1 is 1.16 bits per heavy atom. The zero-order valence-corrected chi connectivity index (χ0v) is 18.0. The second kappa shape index (κ2) is 7.96. The summed E-state index contributed by atoms with van der Waals surface area (Å²) in [5.74, 6) is -3.37. The second-order valence-electron chi connectivity index (χ2n) is 9.02. The first kappa shape index (κ1) is 21.9. The van der Waals surface area contributed by atoms with Gasteiger partial charge in [0.1, 0.15) is 6.04 Å². The molecule has 4 rings (SSSR count).